The van der Waals surface area contributed by atoms with Gasteiger partial charge in [0, 0.05) is 31.2 Å². The first-order valence-electron chi connectivity index (χ1n) is 7.28. The van der Waals surface area contributed by atoms with Gasteiger partial charge in [0.25, 0.3) is 5.91 Å². The molecule has 110 valence electrons. The number of hydrogen-bond donors (Lipinski definition) is 1. The second-order valence-electron chi connectivity index (χ2n) is 5.59. The number of rotatable bonds is 3. The molecule has 0 spiro atoms. The number of aromatic nitrogens is 4. The molecule has 21 heavy (non-hydrogen) atoms. The molecule has 1 fully saturated rings. The van der Waals surface area contributed by atoms with E-state index in [1.807, 2.05) is 11.1 Å². The first-order valence-corrected chi connectivity index (χ1v) is 7.28. The molecular weight excluding hydrogens is 266 g/mol. The summed E-state index contributed by atoms with van der Waals surface area (Å²) in [5.41, 5.74) is 2.79. The van der Waals surface area contributed by atoms with E-state index in [9.17, 15) is 4.79 Å². The van der Waals surface area contributed by atoms with Crippen LogP contribution in [-0.4, -0.2) is 44.1 Å². The molecule has 1 atom stereocenters. The highest BCUT2D eigenvalue weighted by Crippen LogP contribution is 2.22. The highest BCUT2D eigenvalue weighted by Gasteiger charge is 2.26. The maximum atomic E-state index is 12.4. The van der Waals surface area contributed by atoms with Crippen LogP contribution in [0.25, 0.3) is 0 Å². The normalized spacial score (nSPS) is 18.7. The zero-order valence-corrected chi connectivity index (χ0v) is 12.1. The Hall–Kier alpha value is -2.24. The van der Waals surface area contributed by atoms with E-state index in [1.54, 1.807) is 12.4 Å². The lowest BCUT2D eigenvalue weighted by Crippen LogP contribution is -2.41. The van der Waals surface area contributed by atoms with Crippen LogP contribution in [0.15, 0.2) is 24.8 Å². The Balaban J connectivity index is 1.66. The molecule has 0 bridgehead atoms. The van der Waals surface area contributed by atoms with Gasteiger partial charge in [-0.2, -0.15) is 5.10 Å². The van der Waals surface area contributed by atoms with Crippen LogP contribution in [0.1, 0.15) is 34.6 Å². The van der Waals surface area contributed by atoms with Crippen LogP contribution < -0.4 is 0 Å². The lowest BCUT2D eigenvalue weighted by Gasteiger charge is -2.32. The van der Waals surface area contributed by atoms with Crippen molar-refractivity contribution in [2.75, 3.05) is 13.1 Å². The Morgan fingerprint density at radius 2 is 2.33 bits per heavy atom. The van der Waals surface area contributed by atoms with Gasteiger partial charge in [-0.25, -0.2) is 4.98 Å². The fraction of sp³-hybridized carbons (Fsp3) is 0.467. The minimum atomic E-state index is -0.0193. The minimum absolute atomic E-state index is 0.0193. The quantitative estimate of drug-likeness (QED) is 0.929. The molecule has 3 rings (SSSR count). The Kier molecular flexibility index (Phi) is 3.94. The lowest BCUT2D eigenvalue weighted by atomic mass is 9.92. The van der Waals surface area contributed by atoms with Crippen molar-refractivity contribution in [3.63, 3.8) is 0 Å². The fourth-order valence-corrected chi connectivity index (χ4v) is 2.86. The number of hydrogen-bond acceptors (Lipinski definition) is 4. The van der Waals surface area contributed by atoms with Gasteiger partial charge in [0.1, 0.15) is 5.69 Å². The largest absolute Gasteiger partial charge is 0.337 e. The molecule has 3 heterocycles. The van der Waals surface area contributed by atoms with Gasteiger partial charge in [0.15, 0.2) is 0 Å². The molecule has 0 aromatic carbocycles. The zero-order chi connectivity index (χ0) is 14.7. The molecule has 6 nitrogen and oxygen atoms in total. The highest BCUT2D eigenvalue weighted by atomic mass is 16.2. The summed E-state index contributed by atoms with van der Waals surface area (Å²) in [4.78, 5) is 22.4. The number of nitrogens with one attached hydrogen (secondary N) is 1. The van der Waals surface area contributed by atoms with Crippen molar-refractivity contribution in [1.29, 1.82) is 0 Å². The number of nitrogens with zero attached hydrogens (tertiary/aromatic N) is 4. The first kappa shape index (κ1) is 13.7. The first-order chi connectivity index (χ1) is 10.2. The average molecular weight is 285 g/mol. The van der Waals surface area contributed by atoms with Crippen LogP contribution in [0.2, 0.25) is 0 Å². The third-order valence-corrected chi connectivity index (χ3v) is 4.02. The molecule has 2 aromatic heterocycles. The molecule has 1 aliphatic heterocycles. The second-order valence-corrected chi connectivity index (χ2v) is 5.59. The molecule has 1 aliphatic rings. The van der Waals surface area contributed by atoms with Crippen molar-refractivity contribution in [3.05, 3.63) is 41.7 Å². The molecule has 6 heteroatoms. The number of carbonyl (C=O) groups excluding carboxylic acids is 1. The summed E-state index contributed by atoms with van der Waals surface area (Å²) in [5.74, 6) is 0.452. The number of aromatic amines is 1. The summed E-state index contributed by atoms with van der Waals surface area (Å²) in [7, 11) is 0. The van der Waals surface area contributed by atoms with Gasteiger partial charge in [0.05, 0.1) is 12.4 Å². The third kappa shape index (κ3) is 3.09. The summed E-state index contributed by atoms with van der Waals surface area (Å²) in [5, 5.41) is 7.12. The highest BCUT2D eigenvalue weighted by molar-refractivity contribution is 5.92. The second kappa shape index (κ2) is 6.03. The SMILES string of the molecule is Cc1cn[nH]c1C[C@H]1CCCN(C(=O)c2cnccn2)C1. The smallest absolute Gasteiger partial charge is 0.274 e. The van der Waals surface area contributed by atoms with Gasteiger partial charge in [-0.1, -0.05) is 0 Å². The van der Waals surface area contributed by atoms with Crippen molar-refractivity contribution in [2.24, 2.45) is 5.92 Å². The third-order valence-electron chi connectivity index (χ3n) is 4.02. The fourth-order valence-electron chi connectivity index (χ4n) is 2.86. The van der Waals surface area contributed by atoms with Gasteiger partial charge in [0.2, 0.25) is 0 Å². The lowest BCUT2D eigenvalue weighted by molar-refractivity contribution is 0.0666. The van der Waals surface area contributed by atoms with Gasteiger partial charge in [-0.3, -0.25) is 14.9 Å². The molecule has 0 aliphatic carbocycles. The van der Waals surface area contributed by atoms with Crippen molar-refractivity contribution < 1.29 is 4.79 Å². The van der Waals surface area contributed by atoms with Crippen LogP contribution in [0, 0.1) is 12.8 Å². The maximum Gasteiger partial charge on any atom is 0.274 e. The van der Waals surface area contributed by atoms with E-state index in [0.717, 1.165) is 32.4 Å². The predicted molar refractivity (Wildman–Crippen MR) is 77.7 cm³/mol. The summed E-state index contributed by atoms with van der Waals surface area (Å²) >= 11 is 0. The Bertz CT molecular complexity index is 610. The summed E-state index contributed by atoms with van der Waals surface area (Å²) < 4.78 is 0. The predicted octanol–water partition coefficient (Wildman–Crippen LogP) is 1.60. The monoisotopic (exact) mass is 285 g/mol. The number of likely N-dealkylation sites (tertiary alicyclic amines) is 1. The van der Waals surface area contributed by atoms with Gasteiger partial charge in [-0.05, 0) is 37.7 Å². The summed E-state index contributed by atoms with van der Waals surface area (Å²) in [6, 6.07) is 0. The van der Waals surface area contributed by atoms with Crippen LogP contribution in [0.3, 0.4) is 0 Å². The van der Waals surface area contributed by atoms with E-state index < -0.39 is 0 Å². The molecule has 0 unspecified atom stereocenters. The van der Waals surface area contributed by atoms with E-state index in [0.29, 0.717) is 11.6 Å². The number of piperidine rings is 1. The number of H-pyrrole nitrogens is 1. The zero-order valence-electron chi connectivity index (χ0n) is 12.1. The van der Waals surface area contributed by atoms with E-state index in [-0.39, 0.29) is 5.91 Å². The van der Waals surface area contributed by atoms with Gasteiger partial charge in [-0.15, -0.1) is 0 Å². The molecule has 1 amide bonds. The van der Waals surface area contributed by atoms with E-state index in [1.165, 1.54) is 17.5 Å². The van der Waals surface area contributed by atoms with Crippen molar-refractivity contribution in [2.45, 2.75) is 26.2 Å². The Labute approximate surface area is 123 Å². The van der Waals surface area contributed by atoms with Crippen LogP contribution in [-0.2, 0) is 6.42 Å². The number of aryl methyl sites for hydroxylation is 1. The van der Waals surface area contributed by atoms with Gasteiger partial charge < -0.3 is 4.90 Å². The van der Waals surface area contributed by atoms with Crippen LogP contribution in [0.4, 0.5) is 0 Å². The van der Waals surface area contributed by atoms with Crippen LogP contribution >= 0.6 is 0 Å². The summed E-state index contributed by atoms with van der Waals surface area (Å²) in [6.07, 6.45) is 9.63. The molecule has 0 saturated carbocycles. The van der Waals surface area contributed by atoms with E-state index in [4.69, 9.17) is 0 Å². The van der Waals surface area contributed by atoms with Crippen molar-refractivity contribution >= 4 is 5.91 Å². The molecule has 2 aromatic rings. The number of amides is 1. The van der Waals surface area contributed by atoms with Gasteiger partial charge >= 0.3 is 0 Å². The summed E-state index contributed by atoms with van der Waals surface area (Å²) in [6.45, 7) is 3.63. The molecule has 1 N–H and O–H groups in total. The van der Waals surface area contributed by atoms with E-state index in [2.05, 4.69) is 27.1 Å². The van der Waals surface area contributed by atoms with E-state index >= 15 is 0 Å². The molecular formula is C15H19N5O. The van der Waals surface area contributed by atoms with Crippen molar-refractivity contribution in [1.82, 2.24) is 25.1 Å². The average Bonchev–Trinajstić information content (AvgIpc) is 2.93. The topological polar surface area (TPSA) is 74.8 Å². The molecule has 1 saturated heterocycles. The Morgan fingerprint density at radius 3 is 3.05 bits per heavy atom. The maximum absolute atomic E-state index is 12.4. The Morgan fingerprint density at radius 1 is 1.43 bits per heavy atom. The minimum Gasteiger partial charge on any atom is -0.337 e. The number of carbonyl (C=O) groups is 1. The van der Waals surface area contributed by atoms with Crippen LogP contribution in [0.5, 0.6) is 0 Å². The standard InChI is InChI=1S/C15H19N5O/c1-11-8-18-19-13(11)7-12-3-2-6-20(10-12)15(21)14-9-16-4-5-17-14/h4-5,8-9,12H,2-3,6-7,10H2,1H3,(H,18,19)/t12-/m1/s1. The molecule has 0 radical (unpaired) electrons. The van der Waals surface area contributed by atoms with Crippen molar-refractivity contribution in [3.8, 4) is 0 Å².